The summed E-state index contributed by atoms with van der Waals surface area (Å²) in [5.74, 6) is 0. The minimum atomic E-state index is -0.0767. The third-order valence-electron chi connectivity index (χ3n) is 6.93. The number of hydrogen-bond acceptors (Lipinski definition) is 0. The lowest BCUT2D eigenvalue weighted by molar-refractivity contribution is 0.662. The monoisotopic (exact) mass is 406 g/mol. The number of rotatable bonds is 1. The molecule has 0 saturated heterocycles. The molecule has 2 aliphatic rings. The van der Waals surface area contributed by atoms with Crippen LogP contribution in [0.4, 0.5) is 0 Å². The van der Waals surface area contributed by atoms with E-state index in [0.717, 1.165) is 17.9 Å². The number of hydrogen-bond donors (Lipinski definition) is 0. The molecule has 0 fully saturated rings. The van der Waals surface area contributed by atoms with Crippen molar-refractivity contribution >= 4 is 28.4 Å². The van der Waals surface area contributed by atoms with Crippen molar-refractivity contribution in [2.75, 3.05) is 0 Å². The molecule has 1 heteroatoms. The molecule has 0 unspecified atom stereocenters. The lowest BCUT2D eigenvalue weighted by atomic mass is 9.77. The van der Waals surface area contributed by atoms with E-state index < -0.39 is 0 Å². The molecule has 0 radical (unpaired) electrons. The third-order valence-corrected chi connectivity index (χ3v) is 7.17. The van der Waals surface area contributed by atoms with Crippen LogP contribution in [0.25, 0.3) is 39.1 Å². The predicted molar refractivity (Wildman–Crippen MR) is 129 cm³/mol. The third kappa shape index (κ3) is 2.41. The lowest BCUT2D eigenvalue weighted by Gasteiger charge is -2.26. The standard InChI is InChI=1S/C29H23Cl/c1-29(2)25-15-14-18-8-3-5-12-22(18)27(25)24-17-19-9-4-6-13-23(19)26(28(24)29)20-10-7-11-21(30)16-20/h4-7,9-17H,3,8H2,1-2H3. The fraction of sp³-hybridized carbons (Fsp3) is 0.172. The van der Waals surface area contributed by atoms with Gasteiger partial charge in [-0.15, -0.1) is 0 Å². The van der Waals surface area contributed by atoms with Gasteiger partial charge < -0.3 is 0 Å². The topological polar surface area (TPSA) is 0 Å². The van der Waals surface area contributed by atoms with Crippen LogP contribution >= 0.6 is 11.6 Å². The average molecular weight is 407 g/mol. The van der Waals surface area contributed by atoms with Gasteiger partial charge in [0.2, 0.25) is 0 Å². The molecule has 0 bridgehead atoms. The Labute approximate surface area is 182 Å². The van der Waals surface area contributed by atoms with Crippen molar-refractivity contribution in [3.8, 4) is 22.3 Å². The number of allylic oxidation sites excluding steroid dienone is 1. The maximum absolute atomic E-state index is 6.44. The summed E-state index contributed by atoms with van der Waals surface area (Å²) >= 11 is 6.44. The molecule has 0 nitrogen and oxygen atoms in total. The Morgan fingerprint density at radius 3 is 2.60 bits per heavy atom. The summed E-state index contributed by atoms with van der Waals surface area (Å²) in [4.78, 5) is 0. The normalized spacial score (nSPS) is 15.7. The van der Waals surface area contributed by atoms with E-state index in [2.05, 4.69) is 86.7 Å². The van der Waals surface area contributed by atoms with E-state index in [4.69, 9.17) is 11.6 Å². The molecule has 30 heavy (non-hydrogen) atoms. The highest BCUT2D eigenvalue weighted by Crippen LogP contribution is 2.56. The van der Waals surface area contributed by atoms with Crippen LogP contribution in [-0.2, 0) is 11.8 Å². The van der Waals surface area contributed by atoms with E-state index in [0.29, 0.717) is 0 Å². The van der Waals surface area contributed by atoms with Crippen molar-refractivity contribution in [2.45, 2.75) is 32.1 Å². The first-order valence-corrected chi connectivity index (χ1v) is 11.1. The molecule has 0 N–H and O–H groups in total. The first kappa shape index (κ1) is 18.0. The Hall–Kier alpha value is -2.83. The smallest absolute Gasteiger partial charge is 0.0412 e. The largest absolute Gasteiger partial charge is 0.0843 e. The van der Waals surface area contributed by atoms with Gasteiger partial charge in [0.15, 0.2) is 0 Å². The van der Waals surface area contributed by atoms with Gasteiger partial charge in [-0.1, -0.05) is 86.1 Å². The van der Waals surface area contributed by atoms with Crippen molar-refractivity contribution in [3.63, 3.8) is 0 Å². The van der Waals surface area contributed by atoms with Gasteiger partial charge in [0.1, 0.15) is 0 Å². The first-order chi connectivity index (χ1) is 14.6. The molecule has 0 saturated carbocycles. The van der Waals surface area contributed by atoms with Crippen LogP contribution < -0.4 is 0 Å². The molecule has 6 rings (SSSR count). The summed E-state index contributed by atoms with van der Waals surface area (Å²) in [5.41, 5.74) is 11.0. The molecular formula is C29H23Cl. The minimum Gasteiger partial charge on any atom is -0.0843 e. The van der Waals surface area contributed by atoms with Gasteiger partial charge in [-0.05, 0) is 86.3 Å². The molecular weight excluding hydrogens is 384 g/mol. The van der Waals surface area contributed by atoms with Crippen LogP contribution in [0.5, 0.6) is 0 Å². The molecule has 4 aromatic rings. The van der Waals surface area contributed by atoms with Crippen LogP contribution in [0.2, 0.25) is 5.02 Å². The highest BCUT2D eigenvalue weighted by molar-refractivity contribution is 6.31. The van der Waals surface area contributed by atoms with E-state index in [9.17, 15) is 0 Å². The van der Waals surface area contributed by atoms with Crippen LogP contribution in [-0.4, -0.2) is 0 Å². The van der Waals surface area contributed by atoms with Gasteiger partial charge >= 0.3 is 0 Å². The molecule has 0 amide bonds. The molecule has 4 aromatic carbocycles. The van der Waals surface area contributed by atoms with Crippen LogP contribution in [0.1, 0.15) is 42.5 Å². The average Bonchev–Trinajstić information content (AvgIpc) is 2.99. The van der Waals surface area contributed by atoms with Gasteiger partial charge in [-0.3, -0.25) is 0 Å². The fourth-order valence-corrected chi connectivity index (χ4v) is 5.78. The molecule has 0 spiro atoms. The van der Waals surface area contributed by atoms with Crippen molar-refractivity contribution in [3.05, 3.63) is 100 Å². The summed E-state index contributed by atoms with van der Waals surface area (Å²) in [7, 11) is 0. The Balaban J connectivity index is 1.80. The summed E-state index contributed by atoms with van der Waals surface area (Å²) < 4.78 is 0. The summed E-state index contributed by atoms with van der Waals surface area (Å²) in [6, 6.07) is 24.2. The van der Waals surface area contributed by atoms with Gasteiger partial charge in [0.25, 0.3) is 0 Å². The first-order valence-electron chi connectivity index (χ1n) is 10.7. The van der Waals surface area contributed by atoms with Crippen molar-refractivity contribution in [1.82, 2.24) is 0 Å². The zero-order valence-corrected chi connectivity index (χ0v) is 18.1. The molecule has 0 aliphatic heterocycles. The van der Waals surface area contributed by atoms with Gasteiger partial charge in [0, 0.05) is 10.4 Å². The molecule has 2 aliphatic carbocycles. The van der Waals surface area contributed by atoms with Crippen molar-refractivity contribution in [2.24, 2.45) is 0 Å². The number of fused-ring (bicyclic) bond motifs is 6. The zero-order chi connectivity index (χ0) is 20.5. The summed E-state index contributed by atoms with van der Waals surface area (Å²) in [5, 5.41) is 3.36. The summed E-state index contributed by atoms with van der Waals surface area (Å²) in [6.45, 7) is 4.75. The summed E-state index contributed by atoms with van der Waals surface area (Å²) in [6.07, 6.45) is 6.93. The second kappa shape index (κ2) is 6.33. The number of aryl methyl sites for hydroxylation is 1. The highest BCUT2D eigenvalue weighted by atomic mass is 35.5. The van der Waals surface area contributed by atoms with Crippen molar-refractivity contribution in [1.29, 1.82) is 0 Å². The minimum absolute atomic E-state index is 0.0767. The Kier molecular flexibility index (Phi) is 3.80. The van der Waals surface area contributed by atoms with E-state index >= 15 is 0 Å². The van der Waals surface area contributed by atoms with E-state index in [-0.39, 0.29) is 5.41 Å². The lowest BCUT2D eigenvalue weighted by Crippen LogP contribution is -2.17. The number of halogens is 1. The Morgan fingerprint density at radius 1 is 0.867 bits per heavy atom. The SMILES string of the molecule is CC1(C)c2ccc3c(c2-c2cc4ccccc4c(-c4cccc(Cl)c4)c21)C=CCC3. The van der Waals surface area contributed by atoms with Crippen molar-refractivity contribution < 1.29 is 0 Å². The number of benzene rings is 4. The Morgan fingerprint density at radius 2 is 1.73 bits per heavy atom. The van der Waals surface area contributed by atoms with E-state index in [1.54, 1.807) is 0 Å². The van der Waals surface area contributed by atoms with E-state index in [1.807, 2.05) is 6.07 Å². The quantitative estimate of drug-likeness (QED) is 0.297. The zero-order valence-electron chi connectivity index (χ0n) is 17.3. The fourth-order valence-electron chi connectivity index (χ4n) is 5.59. The van der Waals surface area contributed by atoms with Crippen LogP contribution in [0.15, 0.2) is 72.8 Å². The second-order valence-corrected chi connectivity index (χ2v) is 9.47. The van der Waals surface area contributed by atoms with Crippen LogP contribution in [0, 0.1) is 0 Å². The maximum Gasteiger partial charge on any atom is 0.0412 e. The van der Waals surface area contributed by atoms with Gasteiger partial charge in [-0.2, -0.15) is 0 Å². The van der Waals surface area contributed by atoms with Gasteiger partial charge in [0.05, 0.1) is 0 Å². The molecule has 146 valence electrons. The molecule has 0 aromatic heterocycles. The second-order valence-electron chi connectivity index (χ2n) is 9.03. The Bertz CT molecular complexity index is 1370. The molecule has 0 atom stereocenters. The predicted octanol–water partition coefficient (Wildman–Crippen LogP) is 8.43. The maximum atomic E-state index is 6.44. The van der Waals surface area contributed by atoms with Crippen LogP contribution in [0.3, 0.4) is 0 Å². The molecule has 0 heterocycles. The highest BCUT2D eigenvalue weighted by Gasteiger charge is 2.40. The van der Waals surface area contributed by atoms with Gasteiger partial charge in [-0.25, -0.2) is 0 Å². The van der Waals surface area contributed by atoms with E-state index in [1.165, 1.54) is 55.3 Å².